The van der Waals surface area contributed by atoms with E-state index in [4.69, 9.17) is 22.2 Å². The van der Waals surface area contributed by atoms with Gasteiger partial charge in [-0.1, -0.05) is 38.5 Å². The Kier molecular flexibility index (Phi) is 6.14. The van der Waals surface area contributed by atoms with Crippen LogP contribution in [-0.4, -0.2) is 15.5 Å². The summed E-state index contributed by atoms with van der Waals surface area (Å²) in [4.78, 5) is 0. The second-order valence-electron chi connectivity index (χ2n) is 4.20. The second-order valence-corrected chi connectivity index (χ2v) is 15.0. The Morgan fingerprint density at radius 3 is 2.00 bits per heavy atom. The number of rotatable bonds is 5. The largest absolute Gasteiger partial charge is 0.237 e. The zero-order chi connectivity index (χ0) is 8.91. The Hall–Kier alpha value is 1.01. The van der Waals surface area contributed by atoms with Gasteiger partial charge >= 0.3 is 0 Å². The molecule has 0 radical (unpaired) electrons. The Morgan fingerprint density at radius 2 is 1.64 bits per heavy atom. The summed E-state index contributed by atoms with van der Waals surface area (Å²) in [7, 11) is -2.10. The highest BCUT2D eigenvalue weighted by Gasteiger charge is 2.12. The van der Waals surface area contributed by atoms with E-state index in [-0.39, 0.29) is 0 Å². The molecule has 0 nitrogen and oxygen atoms in total. The number of halogens is 2. The first-order chi connectivity index (χ1) is 4.92. The van der Waals surface area contributed by atoms with Gasteiger partial charge in [-0.15, -0.1) is 0 Å². The highest BCUT2D eigenvalue weighted by molar-refractivity contribution is 7.33. The fourth-order valence-electron chi connectivity index (χ4n) is 0.954. The van der Waals surface area contributed by atoms with Crippen molar-refractivity contribution in [1.82, 2.24) is 0 Å². The van der Waals surface area contributed by atoms with Crippen LogP contribution in [0.5, 0.6) is 0 Å². The van der Waals surface area contributed by atoms with Gasteiger partial charge in [-0.25, -0.2) is 0 Å². The van der Waals surface area contributed by atoms with Crippen LogP contribution in [0.4, 0.5) is 0 Å². The minimum Gasteiger partial charge on any atom is -0.150 e. The summed E-state index contributed by atoms with van der Waals surface area (Å²) < 4.78 is 0. The summed E-state index contributed by atoms with van der Waals surface area (Å²) in [5.41, 5.74) is 0. The third kappa shape index (κ3) is 11.0. The smallest absolute Gasteiger partial charge is 0.150 e. The first kappa shape index (κ1) is 12.0. The van der Waals surface area contributed by atoms with E-state index in [0.29, 0.717) is 0 Å². The molecule has 0 saturated heterocycles. The standard InChI is InChI=1S/C7H18Cl2Si2/c1-11(2,3)7-5-4-6-10(8)9/h10H,4-7H2,1-3H3. The van der Waals surface area contributed by atoms with Crippen molar-refractivity contribution < 1.29 is 0 Å². The molecule has 0 unspecified atom stereocenters. The van der Waals surface area contributed by atoms with E-state index in [9.17, 15) is 0 Å². The van der Waals surface area contributed by atoms with Crippen molar-refractivity contribution >= 4 is 37.6 Å². The predicted molar refractivity (Wildman–Crippen MR) is 61.0 cm³/mol. The molecule has 0 heterocycles. The number of hydrogen-bond acceptors (Lipinski definition) is 0. The summed E-state index contributed by atoms with van der Waals surface area (Å²) >= 11 is 11.5. The minimum atomic E-state index is -1.30. The van der Waals surface area contributed by atoms with E-state index in [2.05, 4.69) is 19.6 Å². The molecule has 0 aromatic rings. The summed E-state index contributed by atoms with van der Waals surface area (Å²) in [6.07, 6.45) is 2.58. The summed E-state index contributed by atoms with van der Waals surface area (Å²) in [6, 6.07) is 2.51. The Bertz CT molecular complexity index is 99.1. The lowest BCUT2D eigenvalue weighted by Crippen LogP contribution is -2.18. The molecule has 0 atom stereocenters. The molecule has 0 bridgehead atoms. The van der Waals surface area contributed by atoms with Crippen LogP contribution in [0.2, 0.25) is 31.7 Å². The lowest BCUT2D eigenvalue weighted by molar-refractivity contribution is 0.864. The Balaban J connectivity index is 3.15. The fourth-order valence-corrected chi connectivity index (χ4v) is 3.79. The van der Waals surface area contributed by atoms with Gasteiger partial charge in [0.2, 0.25) is 7.42 Å². The monoisotopic (exact) mass is 228 g/mol. The van der Waals surface area contributed by atoms with Crippen LogP contribution >= 0.6 is 22.2 Å². The van der Waals surface area contributed by atoms with Gasteiger partial charge in [0.05, 0.1) is 0 Å². The van der Waals surface area contributed by atoms with Crippen molar-refractivity contribution in [2.75, 3.05) is 0 Å². The molecule has 4 heteroatoms. The third-order valence-electron chi connectivity index (χ3n) is 1.60. The van der Waals surface area contributed by atoms with Gasteiger partial charge in [-0.2, -0.15) is 22.2 Å². The topological polar surface area (TPSA) is 0 Å². The highest BCUT2D eigenvalue weighted by atomic mass is 35.7. The van der Waals surface area contributed by atoms with Gasteiger partial charge in [0.15, 0.2) is 0 Å². The van der Waals surface area contributed by atoms with Crippen LogP contribution in [0.1, 0.15) is 12.8 Å². The summed E-state index contributed by atoms with van der Waals surface area (Å²) in [5, 5.41) is 0. The zero-order valence-corrected chi connectivity index (χ0v) is 11.3. The van der Waals surface area contributed by atoms with Crippen LogP contribution in [-0.2, 0) is 0 Å². The van der Waals surface area contributed by atoms with Gasteiger partial charge in [0.25, 0.3) is 0 Å². The Labute approximate surface area is 82.3 Å². The van der Waals surface area contributed by atoms with Crippen LogP contribution in [0, 0.1) is 0 Å². The van der Waals surface area contributed by atoms with Crippen molar-refractivity contribution in [2.24, 2.45) is 0 Å². The first-order valence-electron chi connectivity index (χ1n) is 4.20. The van der Waals surface area contributed by atoms with Crippen molar-refractivity contribution in [1.29, 1.82) is 0 Å². The molecule has 0 aliphatic heterocycles. The van der Waals surface area contributed by atoms with E-state index in [0.717, 1.165) is 6.04 Å². The summed E-state index contributed by atoms with van der Waals surface area (Å²) in [5.74, 6) is 0. The lowest BCUT2D eigenvalue weighted by atomic mass is 10.4. The van der Waals surface area contributed by atoms with E-state index in [1.54, 1.807) is 0 Å². The molecular formula is C7H18Cl2Si2. The van der Waals surface area contributed by atoms with Crippen LogP contribution < -0.4 is 0 Å². The second kappa shape index (κ2) is 5.62. The maximum Gasteiger partial charge on any atom is 0.237 e. The van der Waals surface area contributed by atoms with E-state index in [1.807, 2.05) is 0 Å². The number of unbranched alkanes of at least 4 members (excludes halogenated alkanes) is 1. The normalized spacial score (nSPS) is 12.5. The SMILES string of the molecule is C[Si](C)(C)CCCC[SiH](Cl)Cl. The van der Waals surface area contributed by atoms with Gasteiger partial charge in [0.1, 0.15) is 0 Å². The van der Waals surface area contributed by atoms with Crippen molar-refractivity contribution in [3.63, 3.8) is 0 Å². The average molecular weight is 229 g/mol. The van der Waals surface area contributed by atoms with Gasteiger partial charge in [-0.3, -0.25) is 0 Å². The molecule has 0 aliphatic carbocycles. The van der Waals surface area contributed by atoms with Crippen LogP contribution in [0.15, 0.2) is 0 Å². The molecule has 68 valence electrons. The molecule has 0 saturated carbocycles. The highest BCUT2D eigenvalue weighted by Crippen LogP contribution is 2.16. The molecule has 0 aromatic carbocycles. The zero-order valence-electron chi connectivity index (χ0n) is 7.66. The third-order valence-corrected chi connectivity index (χ3v) is 5.61. The summed E-state index contributed by atoms with van der Waals surface area (Å²) in [6.45, 7) is 7.22. The molecule has 0 rings (SSSR count). The van der Waals surface area contributed by atoms with Crippen molar-refractivity contribution in [2.45, 2.75) is 44.6 Å². The fraction of sp³-hybridized carbons (Fsp3) is 1.00. The van der Waals surface area contributed by atoms with E-state index < -0.39 is 15.5 Å². The van der Waals surface area contributed by atoms with Crippen LogP contribution in [0.3, 0.4) is 0 Å². The molecular weight excluding hydrogens is 211 g/mol. The van der Waals surface area contributed by atoms with E-state index in [1.165, 1.54) is 18.9 Å². The quantitative estimate of drug-likeness (QED) is 0.382. The first-order valence-corrected chi connectivity index (χ1v) is 12.2. The van der Waals surface area contributed by atoms with E-state index >= 15 is 0 Å². The molecule has 0 amide bonds. The van der Waals surface area contributed by atoms with Crippen LogP contribution in [0.25, 0.3) is 0 Å². The van der Waals surface area contributed by atoms with Gasteiger partial charge < -0.3 is 0 Å². The maximum atomic E-state index is 5.74. The molecule has 11 heavy (non-hydrogen) atoms. The molecule has 0 N–H and O–H groups in total. The molecule has 0 fully saturated rings. The van der Waals surface area contributed by atoms with Crippen molar-refractivity contribution in [3.05, 3.63) is 0 Å². The van der Waals surface area contributed by atoms with Crippen molar-refractivity contribution in [3.8, 4) is 0 Å². The lowest BCUT2D eigenvalue weighted by Gasteiger charge is -2.14. The average Bonchev–Trinajstić information content (AvgIpc) is 1.78. The maximum absolute atomic E-state index is 5.74. The molecule has 0 aliphatic rings. The van der Waals surface area contributed by atoms with Gasteiger partial charge in [0, 0.05) is 8.07 Å². The molecule has 0 spiro atoms. The van der Waals surface area contributed by atoms with Gasteiger partial charge in [-0.05, 0) is 6.04 Å². The Morgan fingerprint density at radius 1 is 1.09 bits per heavy atom. The predicted octanol–water partition coefficient (Wildman–Crippen LogP) is 3.80. The molecule has 0 aromatic heterocycles. The number of hydrogen-bond donors (Lipinski definition) is 0. The minimum absolute atomic E-state index is 0.800.